The van der Waals surface area contributed by atoms with Crippen LogP contribution in [-0.2, 0) is 17.2 Å². The van der Waals surface area contributed by atoms with Crippen molar-refractivity contribution in [3.05, 3.63) is 27.9 Å². The van der Waals surface area contributed by atoms with Crippen LogP contribution in [0.3, 0.4) is 0 Å². The highest BCUT2D eigenvalue weighted by molar-refractivity contribution is 6.04. The standard InChI is InChI=1S/C13H16N6O2/c1-13(2,3)10-8-9(16-18-14)7(12(20)21-5)6-15-11(8)19(4)17-10/h6H,1-5H3. The quantitative estimate of drug-likeness (QED) is 0.366. The van der Waals surface area contributed by atoms with Crippen molar-refractivity contribution in [3.8, 4) is 0 Å². The maximum absolute atomic E-state index is 11.8. The van der Waals surface area contributed by atoms with E-state index < -0.39 is 5.97 Å². The number of aryl methyl sites for hydroxylation is 1. The van der Waals surface area contributed by atoms with E-state index in [0.29, 0.717) is 16.7 Å². The van der Waals surface area contributed by atoms with Crippen molar-refractivity contribution < 1.29 is 9.53 Å². The summed E-state index contributed by atoms with van der Waals surface area (Å²) in [6.45, 7) is 5.96. The largest absolute Gasteiger partial charge is 0.465 e. The Balaban J connectivity index is 2.97. The van der Waals surface area contributed by atoms with E-state index in [0.717, 1.165) is 0 Å². The number of hydrogen-bond donors (Lipinski definition) is 0. The zero-order valence-corrected chi connectivity index (χ0v) is 12.6. The molecule has 8 nitrogen and oxygen atoms in total. The first-order chi connectivity index (χ1) is 9.81. The molecule has 8 heteroatoms. The number of fused-ring (bicyclic) bond motifs is 1. The minimum absolute atomic E-state index is 0.126. The fraction of sp³-hybridized carbons (Fsp3) is 0.462. The molecule has 21 heavy (non-hydrogen) atoms. The van der Waals surface area contributed by atoms with Crippen LogP contribution in [0.2, 0.25) is 0 Å². The Morgan fingerprint density at radius 1 is 1.48 bits per heavy atom. The molecule has 0 amide bonds. The highest BCUT2D eigenvalue weighted by atomic mass is 16.5. The molecule has 0 aromatic carbocycles. The summed E-state index contributed by atoms with van der Waals surface area (Å²) in [5.74, 6) is -0.601. The topological polar surface area (TPSA) is 106 Å². The number of pyridine rings is 1. The average molecular weight is 288 g/mol. The highest BCUT2D eigenvalue weighted by Crippen LogP contribution is 2.36. The smallest absolute Gasteiger partial charge is 0.339 e. The predicted molar refractivity (Wildman–Crippen MR) is 77.4 cm³/mol. The van der Waals surface area contributed by atoms with Gasteiger partial charge in [0.2, 0.25) is 0 Å². The van der Waals surface area contributed by atoms with Crippen molar-refractivity contribution in [2.24, 2.45) is 12.2 Å². The van der Waals surface area contributed by atoms with Crippen LogP contribution in [0.5, 0.6) is 0 Å². The van der Waals surface area contributed by atoms with E-state index in [1.165, 1.54) is 13.3 Å². The molecule has 0 aliphatic heterocycles. The summed E-state index contributed by atoms with van der Waals surface area (Å²) in [6.07, 6.45) is 1.34. The van der Waals surface area contributed by atoms with Gasteiger partial charge in [-0.3, -0.25) is 4.68 Å². The van der Waals surface area contributed by atoms with Gasteiger partial charge in [-0.15, -0.1) is 0 Å². The zero-order valence-electron chi connectivity index (χ0n) is 12.6. The molecule has 2 aromatic heterocycles. The lowest BCUT2D eigenvalue weighted by molar-refractivity contribution is 0.0601. The molecular formula is C13H16N6O2. The van der Waals surface area contributed by atoms with Crippen molar-refractivity contribution in [2.75, 3.05) is 7.11 Å². The number of hydrogen-bond acceptors (Lipinski definition) is 5. The lowest BCUT2D eigenvalue weighted by Crippen LogP contribution is -2.13. The molecule has 0 fully saturated rings. The van der Waals surface area contributed by atoms with Gasteiger partial charge in [0.05, 0.1) is 29.4 Å². The molecule has 0 spiro atoms. The molecule has 2 heterocycles. The Morgan fingerprint density at radius 3 is 2.67 bits per heavy atom. The lowest BCUT2D eigenvalue weighted by Gasteiger charge is -2.16. The first-order valence-electron chi connectivity index (χ1n) is 6.31. The fourth-order valence-corrected chi connectivity index (χ4v) is 2.14. The van der Waals surface area contributed by atoms with Gasteiger partial charge < -0.3 is 4.74 Å². The molecule has 0 atom stereocenters. The normalized spacial score (nSPS) is 11.3. The summed E-state index contributed by atoms with van der Waals surface area (Å²) >= 11 is 0. The van der Waals surface area contributed by atoms with Gasteiger partial charge in [0.15, 0.2) is 5.65 Å². The van der Waals surface area contributed by atoms with E-state index in [1.807, 2.05) is 20.8 Å². The highest BCUT2D eigenvalue weighted by Gasteiger charge is 2.27. The third-order valence-corrected chi connectivity index (χ3v) is 3.09. The number of ether oxygens (including phenoxy) is 1. The van der Waals surface area contributed by atoms with Crippen LogP contribution in [0, 0.1) is 0 Å². The van der Waals surface area contributed by atoms with E-state index in [2.05, 4.69) is 20.1 Å². The van der Waals surface area contributed by atoms with Gasteiger partial charge in [0, 0.05) is 23.6 Å². The molecule has 110 valence electrons. The average Bonchev–Trinajstić information content (AvgIpc) is 2.76. The first-order valence-corrected chi connectivity index (χ1v) is 6.31. The zero-order chi connectivity index (χ0) is 15.8. The summed E-state index contributed by atoms with van der Waals surface area (Å²) in [4.78, 5) is 18.9. The maximum atomic E-state index is 11.8. The first kappa shape index (κ1) is 14.8. The minimum atomic E-state index is -0.601. The van der Waals surface area contributed by atoms with E-state index in [1.54, 1.807) is 11.7 Å². The van der Waals surface area contributed by atoms with Crippen LogP contribution >= 0.6 is 0 Å². The van der Waals surface area contributed by atoms with E-state index in [4.69, 9.17) is 10.3 Å². The summed E-state index contributed by atoms with van der Waals surface area (Å²) < 4.78 is 6.32. The maximum Gasteiger partial charge on any atom is 0.339 e. The molecule has 2 rings (SSSR count). The fourth-order valence-electron chi connectivity index (χ4n) is 2.14. The second-order valence-corrected chi connectivity index (χ2v) is 5.62. The molecule has 0 saturated heterocycles. The second kappa shape index (κ2) is 5.06. The van der Waals surface area contributed by atoms with Crippen molar-refractivity contribution in [2.45, 2.75) is 26.2 Å². The van der Waals surface area contributed by atoms with Gasteiger partial charge in [-0.05, 0) is 5.53 Å². The Kier molecular flexibility index (Phi) is 3.57. The Labute approximate surface area is 121 Å². The number of methoxy groups -OCH3 is 1. The van der Waals surface area contributed by atoms with Crippen LogP contribution in [0.15, 0.2) is 11.3 Å². The van der Waals surface area contributed by atoms with Gasteiger partial charge in [-0.25, -0.2) is 9.78 Å². The summed E-state index contributed by atoms with van der Waals surface area (Å²) in [7, 11) is 3.02. The molecular weight excluding hydrogens is 272 g/mol. The number of aromatic nitrogens is 3. The van der Waals surface area contributed by atoms with Gasteiger partial charge in [-0.2, -0.15) is 5.10 Å². The Morgan fingerprint density at radius 2 is 2.14 bits per heavy atom. The summed E-state index contributed by atoms with van der Waals surface area (Å²) in [6, 6.07) is 0. The third kappa shape index (κ3) is 2.41. The van der Waals surface area contributed by atoms with Crippen molar-refractivity contribution in [3.63, 3.8) is 0 Å². The SMILES string of the molecule is COC(=O)c1cnc2c(c(C(C)(C)C)nn2C)c1N=[N+]=[N-]. The predicted octanol–water partition coefficient (Wildman–Crippen LogP) is 2.99. The molecule has 0 radical (unpaired) electrons. The third-order valence-electron chi connectivity index (χ3n) is 3.09. The number of rotatable bonds is 2. The molecule has 0 aliphatic rings. The second-order valence-electron chi connectivity index (χ2n) is 5.62. The number of esters is 1. The number of azide groups is 1. The van der Waals surface area contributed by atoms with E-state index in [9.17, 15) is 4.79 Å². The Hall–Kier alpha value is -2.60. The molecule has 0 aliphatic carbocycles. The molecule has 2 aromatic rings. The lowest BCUT2D eigenvalue weighted by atomic mass is 9.89. The van der Waals surface area contributed by atoms with Crippen LogP contribution < -0.4 is 0 Å². The van der Waals surface area contributed by atoms with Crippen LogP contribution in [0.4, 0.5) is 5.69 Å². The summed E-state index contributed by atoms with van der Waals surface area (Å²) in [5, 5.41) is 8.70. The van der Waals surface area contributed by atoms with Crippen molar-refractivity contribution in [1.29, 1.82) is 0 Å². The van der Waals surface area contributed by atoms with Crippen LogP contribution in [0.1, 0.15) is 36.8 Å². The Bertz CT molecular complexity index is 765. The van der Waals surface area contributed by atoms with Crippen molar-refractivity contribution in [1.82, 2.24) is 14.8 Å². The number of carbonyl (C=O) groups excluding carboxylic acids is 1. The van der Waals surface area contributed by atoms with Crippen LogP contribution in [0.25, 0.3) is 21.5 Å². The molecule has 0 saturated carbocycles. The number of carbonyl (C=O) groups is 1. The number of nitrogens with zero attached hydrogens (tertiary/aromatic N) is 6. The molecule has 0 N–H and O–H groups in total. The van der Waals surface area contributed by atoms with Gasteiger partial charge in [0.25, 0.3) is 0 Å². The van der Waals surface area contributed by atoms with Gasteiger partial charge >= 0.3 is 5.97 Å². The van der Waals surface area contributed by atoms with Crippen LogP contribution in [-0.4, -0.2) is 27.8 Å². The monoisotopic (exact) mass is 288 g/mol. The van der Waals surface area contributed by atoms with E-state index in [-0.39, 0.29) is 16.7 Å². The molecule has 0 bridgehead atoms. The molecule has 0 unspecified atom stereocenters. The summed E-state index contributed by atoms with van der Waals surface area (Å²) in [5.41, 5.74) is 10.1. The van der Waals surface area contributed by atoms with Gasteiger partial charge in [-0.1, -0.05) is 25.9 Å². The minimum Gasteiger partial charge on any atom is -0.465 e. The van der Waals surface area contributed by atoms with E-state index >= 15 is 0 Å². The van der Waals surface area contributed by atoms with Crippen molar-refractivity contribution >= 4 is 22.7 Å². The van der Waals surface area contributed by atoms with Gasteiger partial charge in [0.1, 0.15) is 0 Å².